The lowest BCUT2D eigenvalue weighted by Gasteiger charge is -2.01. The van der Waals surface area contributed by atoms with Crippen molar-refractivity contribution in [2.45, 2.75) is 25.7 Å². The second-order valence-electron chi connectivity index (χ2n) is 4.57. The van der Waals surface area contributed by atoms with Crippen molar-refractivity contribution in [2.24, 2.45) is 7.05 Å². The second-order valence-corrected chi connectivity index (χ2v) is 4.57. The molecule has 0 aromatic carbocycles. The number of H-pyrrole nitrogens is 1. The molecule has 1 amide bonds. The lowest BCUT2D eigenvalue weighted by atomic mass is 10.4. The van der Waals surface area contributed by atoms with Gasteiger partial charge >= 0.3 is 0 Å². The number of nitrogens with one attached hydrogen (secondary N) is 2. The maximum atomic E-state index is 11.9. The number of aryl methyl sites for hydroxylation is 2. The fourth-order valence-corrected chi connectivity index (χ4v) is 1.82. The van der Waals surface area contributed by atoms with Gasteiger partial charge in [-0.2, -0.15) is 5.10 Å². The van der Waals surface area contributed by atoms with Crippen LogP contribution in [0.2, 0.25) is 0 Å². The summed E-state index contributed by atoms with van der Waals surface area (Å²) in [6, 6.07) is 1.80. The molecule has 2 N–H and O–H groups in total. The normalized spacial score (nSPS) is 14.8. The maximum absolute atomic E-state index is 11.9. The average molecular weight is 246 g/mol. The van der Waals surface area contributed by atoms with Crippen molar-refractivity contribution in [3.8, 4) is 0 Å². The van der Waals surface area contributed by atoms with Crippen LogP contribution in [0, 0.1) is 6.92 Å². The Morgan fingerprint density at radius 3 is 2.94 bits per heavy atom. The number of hydrogen-bond acceptors (Lipinski definition) is 4. The van der Waals surface area contributed by atoms with Gasteiger partial charge in [-0.1, -0.05) is 0 Å². The van der Waals surface area contributed by atoms with E-state index >= 15 is 0 Å². The van der Waals surface area contributed by atoms with E-state index in [1.54, 1.807) is 17.8 Å². The third-order valence-electron chi connectivity index (χ3n) is 2.91. The van der Waals surface area contributed by atoms with Crippen LogP contribution in [0.3, 0.4) is 0 Å². The van der Waals surface area contributed by atoms with Crippen molar-refractivity contribution in [3.05, 3.63) is 23.4 Å². The average Bonchev–Trinajstić information content (AvgIpc) is 2.96. The van der Waals surface area contributed by atoms with E-state index in [1.807, 2.05) is 6.92 Å². The molecule has 0 atom stereocenters. The first-order valence-electron chi connectivity index (χ1n) is 5.88. The number of rotatable bonds is 3. The van der Waals surface area contributed by atoms with Crippen LogP contribution in [0.5, 0.6) is 0 Å². The standard InChI is InChI=1S/C11H14N6O/c1-6-5-8(17(2)16-6)12-11(18)10-13-9(14-15-10)7-3-4-7/h5,7H,3-4H2,1-2H3,(H,12,18)(H,13,14,15). The van der Waals surface area contributed by atoms with E-state index in [0.29, 0.717) is 11.7 Å². The van der Waals surface area contributed by atoms with Gasteiger partial charge < -0.3 is 5.32 Å². The summed E-state index contributed by atoms with van der Waals surface area (Å²) in [4.78, 5) is 16.1. The molecule has 3 rings (SSSR count). The van der Waals surface area contributed by atoms with Crippen LogP contribution in [0.4, 0.5) is 5.82 Å². The predicted octanol–water partition coefficient (Wildman–Crippen LogP) is 0.976. The zero-order valence-corrected chi connectivity index (χ0v) is 10.3. The number of amides is 1. The molecule has 1 aliphatic carbocycles. The van der Waals surface area contributed by atoms with Gasteiger partial charge in [-0.15, -0.1) is 5.10 Å². The molecule has 1 saturated carbocycles. The number of carbonyl (C=O) groups excluding carboxylic acids is 1. The summed E-state index contributed by atoms with van der Waals surface area (Å²) in [5.41, 5.74) is 0.849. The fraction of sp³-hybridized carbons (Fsp3) is 0.455. The van der Waals surface area contributed by atoms with Crippen LogP contribution < -0.4 is 5.32 Å². The van der Waals surface area contributed by atoms with Gasteiger partial charge in [0.1, 0.15) is 11.6 Å². The summed E-state index contributed by atoms with van der Waals surface area (Å²) in [5, 5.41) is 13.6. The first kappa shape index (κ1) is 10.9. The van der Waals surface area contributed by atoms with E-state index < -0.39 is 0 Å². The van der Waals surface area contributed by atoms with E-state index in [9.17, 15) is 4.79 Å². The minimum atomic E-state index is -0.318. The highest BCUT2D eigenvalue weighted by Gasteiger charge is 2.28. The molecule has 0 spiro atoms. The zero-order valence-electron chi connectivity index (χ0n) is 10.3. The number of hydrogen-bond donors (Lipinski definition) is 2. The molecular weight excluding hydrogens is 232 g/mol. The molecule has 0 bridgehead atoms. The van der Waals surface area contributed by atoms with Gasteiger partial charge in [0.2, 0.25) is 5.82 Å². The van der Waals surface area contributed by atoms with Crippen LogP contribution in [0.1, 0.15) is 40.9 Å². The number of anilines is 1. The molecule has 7 nitrogen and oxygen atoms in total. The quantitative estimate of drug-likeness (QED) is 0.844. The smallest absolute Gasteiger partial charge is 0.296 e. The minimum Gasteiger partial charge on any atom is -0.304 e. The number of aromatic amines is 1. The van der Waals surface area contributed by atoms with Crippen molar-refractivity contribution in [1.29, 1.82) is 0 Å². The molecule has 1 fully saturated rings. The van der Waals surface area contributed by atoms with E-state index in [1.165, 1.54) is 0 Å². The lowest BCUT2D eigenvalue weighted by Crippen LogP contribution is -2.16. The molecule has 94 valence electrons. The summed E-state index contributed by atoms with van der Waals surface area (Å²) >= 11 is 0. The Labute approximate surface area is 104 Å². The highest BCUT2D eigenvalue weighted by Crippen LogP contribution is 2.37. The van der Waals surface area contributed by atoms with Crippen molar-refractivity contribution in [2.75, 3.05) is 5.32 Å². The number of nitrogens with zero attached hydrogens (tertiary/aromatic N) is 4. The summed E-state index contributed by atoms with van der Waals surface area (Å²) < 4.78 is 1.61. The predicted molar refractivity (Wildman–Crippen MR) is 64.3 cm³/mol. The van der Waals surface area contributed by atoms with Crippen LogP contribution in [-0.2, 0) is 7.05 Å². The van der Waals surface area contributed by atoms with Crippen molar-refractivity contribution in [3.63, 3.8) is 0 Å². The summed E-state index contributed by atoms with van der Waals surface area (Å²) in [6.07, 6.45) is 2.24. The van der Waals surface area contributed by atoms with Gasteiger partial charge in [-0.3, -0.25) is 14.6 Å². The summed E-state index contributed by atoms with van der Waals surface area (Å²) in [5.74, 6) is 1.76. The first-order valence-corrected chi connectivity index (χ1v) is 5.88. The van der Waals surface area contributed by atoms with Crippen LogP contribution in [-0.4, -0.2) is 30.9 Å². The SMILES string of the molecule is Cc1cc(NC(=O)c2n[nH]c(C3CC3)n2)n(C)n1. The van der Waals surface area contributed by atoms with Gasteiger partial charge in [0, 0.05) is 19.0 Å². The summed E-state index contributed by atoms with van der Waals surface area (Å²) in [6.45, 7) is 1.87. The third kappa shape index (κ3) is 1.99. The molecule has 0 aliphatic heterocycles. The largest absolute Gasteiger partial charge is 0.304 e. The number of aromatic nitrogens is 5. The Hall–Kier alpha value is -2.18. The molecule has 7 heteroatoms. The molecular formula is C11H14N6O. The van der Waals surface area contributed by atoms with Crippen LogP contribution in [0.25, 0.3) is 0 Å². The summed E-state index contributed by atoms with van der Waals surface area (Å²) in [7, 11) is 1.77. The van der Waals surface area contributed by atoms with Gasteiger partial charge in [0.15, 0.2) is 0 Å². The molecule has 0 radical (unpaired) electrons. The third-order valence-corrected chi connectivity index (χ3v) is 2.91. The highest BCUT2D eigenvalue weighted by atomic mass is 16.2. The van der Waals surface area contributed by atoms with Gasteiger partial charge in [0.05, 0.1) is 5.69 Å². The monoisotopic (exact) mass is 246 g/mol. The molecule has 2 heterocycles. The Morgan fingerprint density at radius 1 is 1.56 bits per heavy atom. The molecule has 18 heavy (non-hydrogen) atoms. The fourth-order valence-electron chi connectivity index (χ4n) is 1.82. The zero-order chi connectivity index (χ0) is 12.7. The van der Waals surface area contributed by atoms with Crippen LogP contribution in [0.15, 0.2) is 6.07 Å². The molecule has 2 aromatic heterocycles. The number of carbonyl (C=O) groups is 1. The minimum absolute atomic E-state index is 0.177. The molecule has 0 unspecified atom stereocenters. The van der Waals surface area contributed by atoms with Gasteiger partial charge in [-0.25, -0.2) is 4.98 Å². The molecule has 0 saturated heterocycles. The Morgan fingerprint density at radius 2 is 2.33 bits per heavy atom. The highest BCUT2D eigenvalue weighted by molar-refractivity contribution is 6.00. The second kappa shape index (κ2) is 3.94. The molecule has 1 aliphatic rings. The van der Waals surface area contributed by atoms with Crippen molar-refractivity contribution >= 4 is 11.7 Å². The Bertz CT molecular complexity index is 594. The van der Waals surface area contributed by atoms with E-state index in [0.717, 1.165) is 24.4 Å². The van der Waals surface area contributed by atoms with Gasteiger partial charge in [0.25, 0.3) is 5.91 Å². The van der Waals surface area contributed by atoms with E-state index in [4.69, 9.17) is 0 Å². The van der Waals surface area contributed by atoms with Gasteiger partial charge in [-0.05, 0) is 19.8 Å². The Balaban J connectivity index is 1.75. The van der Waals surface area contributed by atoms with Crippen molar-refractivity contribution < 1.29 is 4.79 Å². The van der Waals surface area contributed by atoms with E-state index in [2.05, 4.69) is 25.6 Å². The first-order chi connectivity index (χ1) is 8.63. The molecule has 2 aromatic rings. The van der Waals surface area contributed by atoms with Crippen molar-refractivity contribution in [1.82, 2.24) is 25.0 Å². The Kier molecular flexibility index (Phi) is 2.39. The lowest BCUT2D eigenvalue weighted by molar-refractivity contribution is 0.101. The topological polar surface area (TPSA) is 88.5 Å². The van der Waals surface area contributed by atoms with E-state index in [-0.39, 0.29) is 11.7 Å². The van der Waals surface area contributed by atoms with Crippen LogP contribution >= 0.6 is 0 Å². The maximum Gasteiger partial charge on any atom is 0.296 e.